The topological polar surface area (TPSA) is 38.3 Å². The minimum absolute atomic E-state index is 0.100. The van der Waals surface area contributed by atoms with Crippen molar-refractivity contribution in [2.45, 2.75) is 11.5 Å². The van der Waals surface area contributed by atoms with Crippen LogP contribution in [0, 0.1) is 0 Å². The maximum absolute atomic E-state index is 12.4. The molecule has 0 unspecified atom stereocenters. The van der Waals surface area contributed by atoms with Crippen LogP contribution in [-0.4, -0.2) is 24.0 Å². The summed E-state index contributed by atoms with van der Waals surface area (Å²) in [7, 11) is 0. The van der Waals surface area contributed by atoms with Gasteiger partial charge in [0.05, 0.1) is 11.2 Å². The molecule has 0 atom stereocenters. The third kappa shape index (κ3) is 4.24. The van der Waals surface area contributed by atoms with E-state index in [1.807, 2.05) is 54.7 Å². The van der Waals surface area contributed by atoms with Crippen LogP contribution in [0.4, 0.5) is 5.69 Å². The molecule has 1 fully saturated rings. The second-order valence-electron chi connectivity index (χ2n) is 5.11. The summed E-state index contributed by atoms with van der Waals surface area (Å²) in [6, 6.07) is 15.3. The van der Waals surface area contributed by atoms with Crippen molar-refractivity contribution in [2.24, 2.45) is 0 Å². The number of benzene rings is 2. The quantitative estimate of drug-likeness (QED) is 0.843. The third-order valence-corrected chi connectivity index (χ3v) is 6.57. The van der Waals surface area contributed by atoms with Gasteiger partial charge in [-0.1, -0.05) is 12.1 Å². The normalized spacial score (nSPS) is 14.7. The molecule has 1 heterocycles. The highest BCUT2D eigenvalue weighted by Gasteiger charge is 2.18. The van der Waals surface area contributed by atoms with Crippen molar-refractivity contribution < 1.29 is 9.53 Å². The molecule has 1 amide bonds. The molecular formula is C18H19NO2S2. The Morgan fingerprint density at radius 1 is 1.17 bits per heavy atom. The Hall–Kier alpha value is -1.59. The van der Waals surface area contributed by atoms with Crippen LogP contribution in [0.25, 0.3) is 0 Å². The Morgan fingerprint density at radius 3 is 2.61 bits per heavy atom. The second kappa shape index (κ2) is 7.79. The van der Waals surface area contributed by atoms with Crippen LogP contribution in [0.1, 0.15) is 27.4 Å². The molecule has 1 saturated heterocycles. The van der Waals surface area contributed by atoms with E-state index in [9.17, 15) is 4.79 Å². The van der Waals surface area contributed by atoms with Crippen molar-refractivity contribution in [3.05, 3.63) is 59.7 Å². The van der Waals surface area contributed by atoms with Gasteiger partial charge in [-0.05, 0) is 48.9 Å². The number of ether oxygens (including phenoxy) is 1. The first kappa shape index (κ1) is 16.3. The summed E-state index contributed by atoms with van der Waals surface area (Å²) in [5, 5.41) is 2.98. The highest BCUT2D eigenvalue weighted by Crippen LogP contribution is 2.45. The number of hydrogen-bond donors (Lipinski definition) is 1. The van der Waals surface area contributed by atoms with Crippen LogP contribution in [-0.2, 0) is 0 Å². The fourth-order valence-electron chi connectivity index (χ4n) is 2.39. The number of anilines is 1. The van der Waals surface area contributed by atoms with Crippen molar-refractivity contribution >= 4 is 35.1 Å². The van der Waals surface area contributed by atoms with Gasteiger partial charge in [-0.25, -0.2) is 0 Å². The van der Waals surface area contributed by atoms with Crippen molar-refractivity contribution in [1.82, 2.24) is 0 Å². The first-order chi connectivity index (χ1) is 11.3. The first-order valence-corrected chi connectivity index (χ1v) is 9.73. The van der Waals surface area contributed by atoms with E-state index < -0.39 is 0 Å². The smallest absolute Gasteiger partial charge is 0.255 e. The van der Waals surface area contributed by atoms with Crippen LogP contribution in [0.15, 0.2) is 48.5 Å². The van der Waals surface area contributed by atoms with Gasteiger partial charge in [0.15, 0.2) is 0 Å². The summed E-state index contributed by atoms with van der Waals surface area (Å²) >= 11 is 3.92. The van der Waals surface area contributed by atoms with Crippen LogP contribution in [0.3, 0.4) is 0 Å². The lowest BCUT2D eigenvalue weighted by Gasteiger charge is -2.11. The lowest BCUT2D eigenvalue weighted by molar-refractivity contribution is 0.102. The number of hydrogen-bond acceptors (Lipinski definition) is 4. The Labute approximate surface area is 145 Å². The number of amides is 1. The van der Waals surface area contributed by atoms with E-state index in [-0.39, 0.29) is 5.91 Å². The molecule has 0 spiro atoms. The predicted octanol–water partition coefficient (Wildman–Crippen LogP) is 4.82. The molecule has 0 radical (unpaired) electrons. The summed E-state index contributed by atoms with van der Waals surface area (Å²) in [4.78, 5) is 12.4. The first-order valence-electron chi connectivity index (χ1n) is 7.63. The van der Waals surface area contributed by atoms with E-state index in [0.29, 0.717) is 16.8 Å². The fraction of sp³-hybridized carbons (Fsp3) is 0.278. The SMILES string of the molecule is CCOc1ccc(C(=O)Nc2cccc(C3SCCS3)c2)cc1. The minimum Gasteiger partial charge on any atom is -0.494 e. The average Bonchev–Trinajstić information content (AvgIpc) is 3.11. The summed E-state index contributed by atoms with van der Waals surface area (Å²) < 4.78 is 5.88. The van der Waals surface area contributed by atoms with Crippen LogP contribution >= 0.6 is 23.5 Å². The Morgan fingerprint density at radius 2 is 1.91 bits per heavy atom. The predicted molar refractivity (Wildman–Crippen MR) is 99.7 cm³/mol. The zero-order valence-electron chi connectivity index (χ0n) is 13.0. The largest absolute Gasteiger partial charge is 0.494 e. The summed E-state index contributed by atoms with van der Waals surface area (Å²) in [5.74, 6) is 3.06. The minimum atomic E-state index is -0.100. The van der Waals surface area contributed by atoms with E-state index in [1.54, 1.807) is 12.1 Å². The van der Waals surface area contributed by atoms with Crippen molar-refractivity contribution in [3.8, 4) is 5.75 Å². The number of carbonyl (C=O) groups excluding carboxylic acids is 1. The molecule has 0 aromatic heterocycles. The van der Waals surface area contributed by atoms with Gasteiger partial charge in [-0.2, -0.15) is 0 Å². The van der Waals surface area contributed by atoms with Gasteiger partial charge in [0, 0.05) is 22.8 Å². The molecule has 2 aromatic carbocycles. The van der Waals surface area contributed by atoms with Crippen molar-refractivity contribution in [1.29, 1.82) is 0 Å². The van der Waals surface area contributed by atoms with Crippen molar-refractivity contribution in [3.63, 3.8) is 0 Å². The molecule has 0 bridgehead atoms. The number of thioether (sulfide) groups is 2. The molecule has 0 saturated carbocycles. The molecule has 2 aromatic rings. The molecule has 5 heteroatoms. The van der Waals surface area contributed by atoms with Crippen LogP contribution < -0.4 is 10.1 Å². The van der Waals surface area contributed by atoms with Gasteiger partial charge in [-0.15, -0.1) is 23.5 Å². The third-order valence-electron chi connectivity index (χ3n) is 3.47. The highest BCUT2D eigenvalue weighted by atomic mass is 32.2. The number of nitrogens with one attached hydrogen (secondary N) is 1. The molecule has 0 aliphatic carbocycles. The van der Waals surface area contributed by atoms with Gasteiger partial charge in [0.25, 0.3) is 5.91 Å². The maximum Gasteiger partial charge on any atom is 0.255 e. The highest BCUT2D eigenvalue weighted by molar-refractivity contribution is 8.19. The molecule has 1 N–H and O–H groups in total. The van der Waals surface area contributed by atoms with Crippen LogP contribution in [0.5, 0.6) is 5.75 Å². The molecule has 120 valence electrons. The summed E-state index contributed by atoms with van der Waals surface area (Å²) in [5.41, 5.74) is 2.74. The lowest BCUT2D eigenvalue weighted by atomic mass is 10.2. The van der Waals surface area contributed by atoms with E-state index in [0.717, 1.165) is 11.4 Å². The lowest BCUT2D eigenvalue weighted by Crippen LogP contribution is -2.12. The Bertz CT molecular complexity index is 667. The van der Waals surface area contributed by atoms with Gasteiger partial charge in [0.1, 0.15) is 5.75 Å². The van der Waals surface area contributed by atoms with E-state index >= 15 is 0 Å². The molecule has 3 nitrogen and oxygen atoms in total. The second-order valence-corrected chi connectivity index (χ2v) is 7.83. The van der Waals surface area contributed by atoms with Gasteiger partial charge >= 0.3 is 0 Å². The monoisotopic (exact) mass is 345 g/mol. The van der Waals surface area contributed by atoms with Crippen molar-refractivity contribution in [2.75, 3.05) is 23.4 Å². The fourth-order valence-corrected chi connectivity index (χ4v) is 5.22. The van der Waals surface area contributed by atoms with Gasteiger partial charge in [0.2, 0.25) is 0 Å². The number of carbonyl (C=O) groups is 1. The standard InChI is InChI=1S/C18H19NO2S2/c1-2-21-16-8-6-13(7-9-16)17(20)19-15-5-3-4-14(12-15)18-22-10-11-23-18/h3-9,12,18H,2,10-11H2,1H3,(H,19,20). The maximum atomic E-state index is 12.4. The Kier molecular flexibility index (Phi) is 5.51. The van der Waals surface area contributed by atoms with E-state index in [2.05, 4.69) is 17.4 Å². The van der Waals surface area contributed by atoms with Crippen LogP contribution in [0.2, 0.25) is 0 Å². The van der Waals surface area contributed by atoms with E-state index in [4.69, 9.17) is 4.74 Å². The zero-order chi connectivity index (χ0) is 16.1. The summed E-state index contributed by atoms with van der Waals surface area (Å²) in [6.45, 7) is 2.56. The molecule has 1 aliphatic rings. The van der Waals surface area contributed by atoms with E-state index in [1.165, 1.54) is 17.1 Å². The average molecular weight is 345 g/mol. The number of rotatable bonds is 5. The van der Waals surface area contributed by atoms with Gasteiger partial charge in [-0.3, -0.25) is 4.79 Å². The molecule has 23 heavy (non-hydrogen) atoms. The molecule has 1 aliphatic heterocycles. The molecular weight excluding hydrogens is 326 g/mol. The van der Waals surface area contributed by atoms with Gasteiger partial charge < -0.3 is 10.1 Å². The summed E-state index contributed by atoms with van der Waals surface area (Å²) in [6.07, 6.45) is 0. The Balaban J connectivity index is 1.68. The molecule has 3 rings (SSSR count). The zero-order valence-corrected chi connectivity index (χ0v) is 14.6.